The van der Waals surface area contributed by atoms with Gasteiger partial charge in [-0.1, -0.05) is 41.4 Å². The van der Waals surface area contributed by atoms with Gasteiger partial charge in [0.2, 0.25) is 5.91 Å². The van der Waals surface area contributed by atoms with Crippen LogP contribution in [0.15, 0.2) is 42.5 Å². The predicted octanol–water partition coefficient (Wildman–Crippen LogP) is 3.60. The molecule has 0 aliphatic rings. The largest absolute Gasteiger partial charge is 0.370 e. The highest BCUT2D eigenvalue weighted by atomic mass is 35.5. The van der Waals surface area contributed by atoms with E-state index in [0.717, 1.165) is 22.4 Å². The number of anilines is 1. The van der Waals surface area contributed by atoms with E-state index < -0.39 is 11.9 Å². The molecule has 0 fully saturated rings. The van der Waals surface area contributed by atoms with Crippen LogP contribution in [0.25, 0.3) is 0 Å². The second kappa shape index (κ2) is 5.97. The summed E-state index contributed by atoms with van der Waals surface area (Å²) in [4.78, 5) is 11.8. The van der Waals surface area contributed by atoms with Crippen LogP contribution >= 0.6 is 11.6 Å². The highest BCUT2D eigenvalue weighted by Gasteiger charge is 2.19. The lowest BCUT2D eigenvalue weighted by Crippen LogP contribution is -2.28. The van der Waals surface area contributed by atoms with Crippen molar-refractivity contribution in [2.75, 3.05) is 5.32 Å². The Bertz CT molecular complexity index is 640. The Morgan fingerprint density at radius 3 is 2.55 bits per heavy atom. The van der Waals surface area contributed by atoms with Crippen LogP contribution in [0.2, 0.25) is 5.02 Å². The molecule has 0 spiro atoms. The minimum atomic E-state index is -0.575. The molecule has 1 atom stereocenters. The number of hydrogen-bond acceptors (Lipinski definition) is 2. The van der Waals surface area contributed by atoms with E-state index in [1.165, 1.54) is 0 Å². The smallest absolute Gasteiger partial charge is 0.244 e. The molecule has 4 heteroatoms. The quantitative estimate of drug-likeness (QED) is 0.903. The molecule has 1 amide bonds. The normalized spacial score (nSPS) is 11.9. The number of rotatable bonds is 4. The number of amides is 1. The van der Waals surface area contributed by atoms with Gasteiger partial charge in [-0.25, -0.2) is 0 Å². The summed E-state index contributed by atoms with van der Waals surface area (Å²) in [6.45, 7) is 3.98. The monoisotopic (exact) mass is 288 g/mol. The number of nitrogens with one attached hydrogen (secondary N) is 1. The summed E-state index contributed by atoms with van der Waals surface area (Å²) in [5, 5.41) is 3.75. The van der Waals surface area contributed by atoms with Crippen LogP contribution in [-0.4, -0.2) is 5.91 Å². The maximum Gasteiger partial charge on any atom is 0.244 e. The SMILES string of the molecule is Cc1ccc(C(Nc2cccc(Cl)c2)C(N)=O)c(C)c1. The second-order valence-corrected chi connectivity index (χ2v) is 5.29. The Morgan fingerprint density at radius 1 is 1.20 bits per heavy atom. The third-order valence-electron chi connectivity index (χ3n) is 3.16. The van der Waals surface area contributed by atoms with Crippen molar-refractivity contribution in [3.05, 3.63) is 64.2 Å². The zero-order valence-electron chi connectivity index (χ0n) is 11.5. The van der Waals surface area contributed by atoms with E-state index in [1.54, 1.807) is 12.1 Å². The molecule has 3 N–H and O–H groups in total. The van der Waals surface area contributed by atoms with Crippen LogP contribution in [0, 0.1) is 13.8 Å². The lowest BCUT2D eigenvalue weighted by atomic mass is 9.98. The summed E-state index contributed by atoms with van der Waals surface area (Å²) in [7, 11) is 0. The fourth-order valence-electron chi connectivity index (χ4n) is 2.20. The number of nitrogens with two attached hydrogens (primary N) is 1. The number of primary amides is 1. The highest BCUT2D eigenvalue weighted by Crippen LogP contribution is 2.24. The first-order chi connectivity index (χ1) is 9.47. The van der Waals surface area contributed by atoms with Crippen molar-refractivity contribution < 1.29 is 4.79 Å². The average molecular weight is 289 g/mol. The van der Waals surface area contributed by atoms with Gasteiger partial charge in [0.1, 0.15) is 6.04 Å². The standard InChI is InChI=1S/C16H17ClN2O/c1-10-6-7-14(11(2)8-10)15(16(18)20)19-13-5-3-4-12(17)9-13/h3-9,15,19H,1-2H3,(H2,18,20). The molecule has 2 rings (SSSR count). The molecule has 0 aliphatic carbocycles. The van der Waals surface area contributed by atoms with Crippen molar-refractivity contribution in [2.45, 2.75) is 19.9 Å². The van der Waals surface area contributed by atoms with E-state index in [-0.39, 0.29) is 0 Å². The van der Waals surface area contributed by atoms with Gasteiger partial charge in [-0.3, -0.25) is 4.79 Å². The van der Waals surface area contributed by atoms with Crippen LogP contribution in [0.5, 0.6) is 0 Å². The van der Waals surface area contributed by atoms with Crippen molar-refractivity contribution in [2.24, 2.45) is 5.73 Å². The van der Waals surface area contributed by atoms with Crippen LogP contribution < -0.4 is 11.1 Å². The lowest BCUT2D eigenvalue weighted by molar-refractivity contribution is -0.118. The van der Waals surface area contributed by atoms with E-state index in [2.05, 4.69) is 5.32 Å². The summed E-state index contributed by atoms with van der Waals surface area (Å²) in [6.07, 6.45) is 0. The maximum atomic E-state index is 11.8. The molecule has 0 aliphatic heterocycles. The molecule has 0 saturated carbocycles. The zero-order valence-corrected chi connectivity index (χ0v) is 12.2. The predicted molar refractivity (Wildman–Crippen MR) is 82.9 cm³/mol. The molecule has 0 heterocycles. The van der Waals surface area contributed by atoms with Crippen molar-refractivity contribution in [1.29, 1.82) is 0 Å². The van der Waals surface area contributed by atoms with Gasteiger partial charge in [0.05, 0.1) is 0 Å². The van der Waals surface area contributed by atoms with E-state index in [1.807, 2.05) is 44.2 Å². The molecule has 104 valence electrons. The first kappa shape index (κ1) is 14.4. The van der Waals surface area contributed by atoms with Gasteiger partial charge in [0.15, 0.2) is 0 Å². The number of benzene rings is 2. The Morgan fingerprint density at radius 2 is 1.95 bits per heavy atom. The number of aryl methyl sites for hydroxylation is 2. The Balaban J connectivity index is 2.34. The van der Waals surface area contributed by atoms with Crippen LogP contribution in [0.3, 0.4) is 0 Å². The molecule has 0 aromatic heterocycles. The molecule has 2 aromatic carbocycles. The van der Waals surface area contributed by atoms with Gasteiger partial charge in [0, 0.05) is 10.7 Å². The van der Waals surface area contributed by atoms with Crippen LogP contribution in [-0.2, 0) is 4.79 Å². The minimum Gasteiger partial charge on any atom is -0.370 e. The molecule has 0 radical (unpaired) electrons. The topological polar surface area (TPSA) is 55.1 Å². The van der Waals surface area contributed by atoms with Crippen molar-refractivity contribution in [3.63, 3.8) is 0 Å². The van der Waals surface area contributed by atoms with Crippen LogP contribution in [0.1, 0.15) is 22.7 Å². The number of carbonyl (C=O) groups excluding carboxylic acids is 1. The number of halogens is 1. The summed E-state index contributed by atoms with van der Waals surface area (Å²) in [5.41, 5.74) is 9.35. The van der Waals surface area contributed by atoms with Crippen molar-refractivity contribution in [1.82, 2.24) is 0 Å². The molecule has 2 aromatic rings. The molecular weight excluding hydrogens is 272 g/mol. The van der Waals surface area contributed by atoms with E-state index in [0.29, 0.717) is 5.02 Å². The highest BCUT2D eigenvalue weighted by molar-refractivity contribution is 6.30. The fraction of sp³-hybridized carbons (Fsp3) is 0.188. The van der Waals surface area contributed by atoms with Gasteiger partial charge < -0.3 is 11.1 Å². The first-order valence-corrected chi connectivity index (χ1v) is 6.74. The molecule has 1 unspecified atom stereocenters. The molecule has 0 bridgehead atoms. The van der Waals surface area contributed by atoms with Crippen molar-refractivity contribution in [3.8, 4) is 0 Å². The van der Waals surface area contributed by atoms with Crippen molar-refractivity contribution >= 4 is 23.2 Å². The average Bonchev–Trinajstić information content (AvgIpc) is 2.36. The van der Waals surface area contributed by atoms with E-state index in [9.17, 15) is 4.79 Å². The van der Waals surface area contributed by atoms with E-state index in [4.69, 9.17) is 17.3 Å². The third-order valence-corrected chi connectivity index (χ3v) is 3.39. The Labute approximate surface area is 123 Å². The summed E-state index contributed by atoms with van der Waals surface area (Å²) >= 11 is 5.95. The summed E-state index contributed by atoms with van der Waals surface area (Å²) in [6, 6.07) is 12.6. The second-order valence-electron chi connectivity index (χ2n) is 4.85. The zero-order chi connectivity index (χ0) is 14.7. The Kier molecular flexibility index (Phi) is 4.30. The van der Waals surface area contributed by atoms with Gasteiger partial charge >= 0.3 is 0 Å². The molecule has 3 nitrogen and oxygen atoms in total. The number of hydrogen-bond donors (Lipinski definition) is 2. The summed E-state index contributed by atoms with van der Waals surface area (Å²) < 4.78 is 0. The first-order valence-electron chi connectivity index (χ1n) is 6.36. The molecule has 20 heavy (non-hydrogen) atoms. The molecule has 0 saturated heterocycles. The van der Waals surface area contributed by atoms with Gasteiger partial charge in [-0.15, -0.1) is 0 Å². The third kappa shape index (κ3) is 3.31. The summed E-state index contributed by atoms with van der Waals surface area (Å²) in [5.74, 6) is -0.420. The molecular formula is C16H17ClN2O. The maximum absolute atomic E-state index is 11.8. The lowest BCUT2D eigenvalue weighted by Gasteiger charge is -2.19. The minimum absolute atomic E-state index is 0.420. The van der Waals surface area contributed by atoms with Gasteiger partial charge in [-0.2, -0.15) is 0 Å². The van der Waals surface area contributed by atoms with E-state index >= 15 is 0 Å². The van der Waals surface area contributed by atoms with Crippen LogP contribution in [0.4, 0.5) is 5.69 Å². The van der Waals surface area contributed by atoms with Gasteiger partial charge in [-0.05, 0) is 43.2 Å². The van der Waals surface area contributed by atoms with Gasteiger partial charge in [0.25, 0.3) is 0 Å². The fourth-order valence-corrected chi connectivity index (χ4v) is 2.39. The number of carbonyl (C=O) groups is 1. The Hall–Kier alpha value is -2.00.